The summed E-state index contributed by atoms with van der Waals surface area (Å²) in [7, 11) is -3.08. The average Bonchev–Trinajstić information content (AvgIpc) is 2.55. The van der Waals surface area contributed by atoms with Crippen molar-refractivity contribution < 1.29 is 35.9 Å². The number of hydrogen-bond donors (Lipinski definition) is 1. The van der Waals surface area contributed by atoms with Crippen LogP contribution < -0.4 is 5.32 Å². The standard InChI is InChI=1S/C19H20F3NO5S/c1-12(9-16(24)23-15-10-29(26,27)11-15)17(25)28-18(7-2-8-18)13-3-5-14(6-4-13)19(20,21)22/h3-6,15H,1-2,7-11H2,(H,23,24). The molecule has 0 radical (unpaired) electrons. The Bertz CT molecular complexity index is 922. The van der Waals surface area contributed by atoms with Crippen molar-refractivity contribution in [1.82, 2.24) is 5.32 Å². The molecule has 2 fully saturated rings. The average molecular weight is 431 g/mol. The number of sulfone groups is 1. The summed E-state index contributed by atoms with van der Waals surface area (Å²) in [6, 6.07) is 4.00. The van der Waals surface area contributed by atoms with Crippen LogP contribution in [-0.4, -0.2) is 37.8 Å². The van der Waals surface area contributed by atoms with Gasteiger partial charge in [0.05, 0.1) is 29.5 Å². The van der Waals surface area contributed by atoms with Crippen LogP contribution in [0.2, 0.25) is 0 Å². The van der Waals surface area contributed by atoms with Crippen molar-refractivity contribution in [2.75, 3.05) is 11.5 Å². The molecule has 0 aromatic heterocycles. The molecule has 1 N–H and O–H groups in total. The number of carbonyl (C=O) groups is 2. The fourth-order valence-corrected chi connectivity index (χ4v) is 4.65. The number of amides is 1. The Morgan fingerprint density at radius 3 is 2.21 bits per heavy atom. The van der Waals surface area contributed by atoms with Crippen molar-refractivity contribution >= 4 is 21.7 Å². The number of hydrogen-bond acceptors (Lipinski definition) is 5. The highest BCUT2D eigenvalue weighted by Gasteiger charge is 2.43. The summed E-state index contributed by atoms with van der Waals surface area (Å²) < 4.78 is 66.0. The first-order valence-electron chi connectivity index (χ1n) is 8.99. The second-order valence-corrected chi connectivity index (χ2v) is 9.59. The summed E-state index contributed by atoms with van der Waals surface area (Å²) in [6.45, 7) is 3.55. The SMILES string of the molecule is C=C(CC(=O)NC1CS(=O)(=O)C1)C(=O)OC1(c2ccc(C(F)(F)F)cc2)CCC1. The number of nitrogens with one attached hydrogen (secondary N) is 1. The van der Waals surface area contributed by atoms with E-state index in [1.54, 1.807) is 0 Å². The molecular formula is C19H20F3NO5S. The highest BCUT2D eigenvalue weighted by atomic mass is 32.2. The maximum Gasteiger partial charge on any atom is 0.416 e. The van der Waals surface area contributed by atoms with E-state index in [9.17, 15) is 31.2 Å². The first-order valence-corrected chi connectivity index (χ1v) is 10.8. The molecule has 1 aliphatic carbocycles. The Labute approximate surface area is 166 Å². The minimum Gasteiger partial charge on any atom is -0.451 e. The number of alkyl halides is 3. The number of esters is 1. The molecule has 2 aliphatic rings. The zero-order chi connectivity index (χ0) is 21.4. The van der Waals surface area contributed by atoms with Gasteiger partial charge in [-0.2, -0.15) is 13.2 Å². The second-order valence-electron chi connectivity index (χ2n) is 7.43. The van der Waals surface area contributed by atoms with E-state index >= 15 is 0 Å². The third-order valence-electron chi connectivity index (χ3n) is 5.13. The summed E-state index contributed by atoms with van der Waals surface area (Å²) in [6.07, 6.45) is -3.13. The summed E-state index contributed by atoms with van der Waals surface area (Å²) in [4.78, 5) is 24.3. The normalized spacial score (nSPS) is 20.1. The molecular weight excluding hydrogens is 411 g/mol. The number of rotatable bonds is 6. The van der Waals surface area contributed by atoms with Crippen LogP contribution in [0.1, 0.15) is 36.8 Å². The van der Waals surface area contributed by atoms with Gasteiger partial charge in [0.15, 0.2) is 9.84 Å². The Kier molecular flexibility index (Phi) is 5.50. The van der Waals surface area contributed by atoms with E-state index in [2.05, 4.69) is 11.9 Å². The molecule has 29 heavy (non-hydrogen) atoms. The predicted octanol–water partition coefficient (Wildman–Crippen LogP) is 2.49. The predicted molar refractivity (Wildman–Crippen MR) is 97.4 cm³/mol. The van der Waals surface area contributed by atoms with E-state index in [0.29, 0.717) is 18.4 Å². The Balaban J connectivity index is 1.59. The summed E-state index contributed by atoms with van der Waals surface area (Å²) in [5.74, 6) is -1.61. The largest absolute Gasteiger partial charge is 0.451 e. The molecule has 1 amide bonds. The molecule has 1 heterocycles. The third kappa shape index (κ3) is 4.80. The van der Waals surface area contributed by atoms with E-state index < -0.39 is 45.1 Å². The van der Waals surface area contributed by atoms with Gasteiger partial charge in [0.25, 0.3) is 0 Å². The lowest BCUT2D eigenvalue weighted by Crippen LogP contribution is -2.53. The molecule has 1 saturated heterocycles. The van der Waals surface area contributed by atoms with Gasteiger partial charge >= 0.3 is 12.1 Å². The molecule has 0 spiro atoms. The first kappa shape index (κ1) is 21.4. The van der Waals surface area contributed by atoms with Crippen LogP contribution >= 0.6 is 0 Å². The van der Waals surface area contributed by atoms with Gasteiger partial charge in [0.2, 0.25) is 5.91 Å². The number of ether oxygens (including phenoxy) is 1. The van der Waals surface area contributed by atoms with Crippen molar-refractivity contribution in [2.45, 2.75) is 43.5 Å². The second kappa shape index (κ2) is 7.47. The van der Waals surface area contributed by atoms with Crippen LogP contribution in [0.4, 0.5) is 13.2 Å². The van der Waals surface area contributed by atoms with Crippen LogP contribution in [0, 0.1) is 0 Å². The van der Waals surface area contributed by atoms with Gasteiger partial charge in [-0.15, -0.1) is 0 Å². The Morgan fingerprint density at radius 1 is 1.17 bits per heavy atom. The van der Waals surface area contributed by atoms with Gasteiger partial charge in [-0.1, -0.05) is 18.7 Å². The van der Waals surface area contributed by atoms with Crippen molar-refractivity contribution in [3.8, 4) is 0 Å². The smallest absolute Gasteiger partial charge is 0.416 e. The van der Waals surface area contributed by atoms with Gasteiger partial charge in [-0.25, -0.2) is 13.2 Å². The highest BCUT2D eigenvalue weighted by molar-refractivity contribution is 7.92. The van der Waals surface area contributed by atoms with Crippen LogP contribution in [0.25, 0.3) is 0 Å². The van der Waals surface area contributed by atoms with E-state index in [1.807, 2.05) is 0 Å². The molecule has 0 atom stereocenters. The van der Waals surface area contributed by atoms with Crippen molar-refractivity contribution in [2.24, 2.45) is 0 Å². The lowest BCUT2D eigenvalue weighted by Gasteiger charge is -2.41. The zero-order valence-corrected chi connectivity index (χ0v) is 16.2. The van der Waals surface area contributed by atoms with E-state index in [-0.39, 0.29) is 23.5 Å². The maximum absolute atomic E-state index is 12.7. The van der Waals surface area contributed by atoms with Gasteiger partial charge in [0, 0.05) is 5.57 Å². The van der Waals surface area contributed by atoms with Crippen LogP contribution in [0.15, 0.2) is 36.4 Å². The van der Waals surface area contributed by atoms with Gasteiger partial charge in [-0.05, 0) is 37.0 Å². The zero-order valence-electron chi connectivity index (χ0n) is 15.4. The maximum atomic E-state index is 12.7. The molecule has 10 heteroatoms. The molecule has 0 bridgehead atoms. The molecule has 3 rings (SSSR count). The molecule has 6 nitrogen and oxygen atoms in total. The van der Waals surface area contributed by atoms with Crippen molar-refractivity contribution in [3.63, 3.8) is 0 Å². The summed E-state index contributed by atoms with van der Waals surface area (Å²) in [5.41, 5.74) is -1.46. The fourth-order valence-electron chi connectivity index (χ4n) is 3.35. The third-order valence-corrected chi connectivity index (χ3v) is 6.95. The first-order chi connectivity index (χ1) is 13.4. The van der Waals surface area contributed by atoms with E-state index in [0.717, 1.165) is 18.6 Å². The Morgan fingerprint density at radius 2 is 1.76 bits per heavy atom. The van der Waals surface area contributed by atoms with Crippen LogP contribution in [0.5, 0.6) is 0 Å². The fraction of sp³-hybridized carbons (Fsp3) is 0.474. The van der Waals surface area contributed by atoms with E-state index in [1.165, 1.54) is 12.1 Å². The Hall–Kier alpha value is -2.36. The lowest BCUT2D eigenvalue weighted by molar-refractivity contribution is -0.167. The van der Waals surface area contributed by atoms with Crippen LogP contribution in [-0.2, 0) is 35.9 Å². The molecule has 1 aromatic rings. The monoisotopic (exact) mass is 431 g/mol. The molecule has 158 valence electrons. The highest BCUT2D eigenvalue weighted by Crippen LogP contribution is 2.46. The van der Waals surface area contributed by atoms with Gasteiger partial charge in [0.1, 0.15) is 5.60 Å². The minimum atomic E-state index is -4.45. The number of benzene rings is 1. The van der Waals surface area contributed by atoms with Crippen LogP contribution in [0.3, 0.4) is 0 Å². The molecule has 1 saturated carbocycles. The molecule has 0 unspecified atom stereocenters. The number of halogens is 3. The van der Waals surface area contributed by atoms with Gasteiger partial charge in [-0.3, -0.25) is 4.79 Å². The summed E-state index contributed by atoms with van der Waals surface area (Å²) in [5, 5.41) is 2.51. The minimum absolute atomic E-state index is 0.108. The quantitative estimate of drug-likeness (QED) is 0.552. The topological polar surface area (TPSA) is 89.5 Å². The summed E-state index contributed by atoms with van der Waals surface area (Å²) >= 11 is 0. The molecule has 1 aromatic carbocycles. The lowest BCUT2D eigenvalue weighted by atomic mass is 9.74. The van der Waals surface area contributed by atoms with Crippen molar-refractivity contribution in [1.29, 1.82) is 0 Å². The van der Waals surface area contributed by atoms with Gasteiger partial charge < -0.3 is 10.1 Å². The molecule has 1 aliphatic heterocycles. The number of carbonyl (C=O) groups excluding carboxylic acids is 2. The van der Waals surface area contributed by atoms with E-state index in [4.69, 9.17) is 4.74 Å². The van der Waals surface area contributed by atoms with Crippen molar-refractivity contribution in [3.05, 3.63) is 47.5 Å².